The van der Waals surface area contributed by atoms with E-state index in [0.29, 0.717) is 5.41 Å². The van der Waals surface area contributed by atoms with Gasteiger partial charge in [0, 0.05) is 25.2 Å². The highest BCUT2D eigenvalue weighted by Crippen LogP contribution is 2.40. The number of hydrogen-bond donors (Lipinski definition) is 0. The summed E-state index contributed by atoms with van der Waals surface area (Å²) in [7, 11) is 0. The molecule has 1 spiro atoms. The second kappa shape index (κ2) is 6.94. The van der Waals surface area contributed by atoms with Gasteiger partial charge in [0.05, 0.1) is 5.69 Å². The molecular formula is C19H33N3O. The van der Waals surface area contributed by atoms with Gasteiger partial charge in [-0.2, -0.15) is 0 Å². The Morgan fingerprint density at radius 2 is 1.83 bits per heavy atom. The third-order valence-corrected chi connectivity index (χ3v) is 5.84. The molecule has 0 unspecified atom stereocenters. The number of aromatic nitrogens is 1. The molecule has 0 aromatic carbocycles. The molecule has 1 aromatic heterocycles. The van der Waals surface area contributed by atoms with E-state index in [0.717, 1.165) is 23.9 Å². The van der Waals surface area contributed by atoms with Crippen molar-refractivity contribution >= 4 is 0 Å². The molecule has 0 bridgehead atoms. The van der Waals surface area contributed by atoms with Gasteiger partial charge >= 0.3 is 0 Å². The number of likely N-dealkylation sites (tertiary alicyclic amines) is 2. The summed E-state index contributed by atoms with van der Waals surface area (Å²) in [6.07, 6.45) is 5.52. The van der Waals surface area contributed by atoms with Gasteiger partial charge in [-0.05, 0) is 70.5 Å². The van der Waals surface area contributed by atoms with Crippen LogP contribution in [0.2, 0.25) is 0 Å². The van der Waals surface area contributed by atoms with Crippen LogP contribution in [0.25, 0.3) is 0 Å². The molecule has 0 N–H and O–H groups in total. The molecule has 0 radical (unpaired) electrons. The van der Waals surface area contributed by atoms with E-state index >= 15 is 0 Å². The van der Waals surface area contributed by atoms with Crippen LogP contribution in [-0.4, -0.2) is 47.7 Å². The predicted molar refractivity (Wildman–Crippen MR) is 93.4 cm³/mol. The zero-order valence-electron chi connectivity index (χ0n) is 15.4. The highest BCUT2D eigenvalue weighted by atomic mass is 16.5. The average Bonchev–Trinajstić information content (AvgIpc) is 2.81. The van der Waals surface area contributed by atoms with Crippen molar-refractivity contribution in [2.24, 2.45) is 11.3 Å². The highest BCUT2D eigenvalue weighted by Gasteiger charge is 2.38. The molecule has 130 valence electrons. The van der Waals surface area contributed by atoms with Crippen LogP contribution in [0, 0.1) is 25.2 Å². The summed E-state index contributed by atoms with van der Waals surface area (Å²) in [5.74, 6) is 1.77. The first-order valence-electron chi connectivity index (χ1n) is 9.34. The van der Waals surface area contributed by atoms with Crippen LogP contribution in [0.3, 0.4) is 0 Å². The van der Waals surface area contributed by atoms with E-state index in [2.05, 4.69) is 35.7 Å². The van der Waals surface area contributed by atoms with E-state index in [4.69, 9.17) is 4.52 Å². The van der Waals surface area contributed by atoms with Gasteiger partial charge in [-0.3, -0.25) is 4.90 Å². The van der Waals surface area contributed by atoms with Crippen LogP contribution >= 0.6 is 0 Å². The van der Waals surface area contributed by atoms with E-state index in [1.807, 2.05) is 6.92 Å². The van der Waals surface area contributed by atoms with Crippen LogP contribution in [-0.2, 0) is 6.54 Å². The maximum absolute atomic E-state index is 5.31. The molecule has 4 nitrogen and oxygen atoms in total. The molecule has 23 heavy (non-hydrogen) atoms. The molecule has 0 saturated carbocycles. The average molecular weight is 319 g/mol. The molecule has 0 aliphatic carbocycles. The first-order chi connectivity index (χ1) is 11.0. The molecule has 3 heterocycles. The lowest BCUT2D eigenvalue weighted by Gasteiger charge is -2.48. The number of aryl methyl sites for hydroxylation is 2. The van der Waals surface area contributed by atoms with E-state index < -0.39 is 0 Å². The highest BCUT2D eigenvalue weighted by molar-refractivity contribution is 5.20. The normalized spacial score (nSPS) is 23.0. The first kappa shape index (κ1) is 17.0. The maximum Gasteiger partial charge on any atom is 0.138 e. The Hall–Kier alpha value is -0.870. The van der Waals surface area contributed by atoms with Gasteiger partial charge < -0.3 is 9.42 Å². The minimum atomic E-state index is 0.586. The fourth-order valence-electron chi connectivity index (χ4n) is 4.53. The maximum atomic E-state index is 5.31. The Bertz CT molecular complexity index is 495. The van der Waals surface area contributed by atoms with Gasteiger partial charge in [-0.15, -0.1) is 0 Å². The fraction of sp³-hybridized carbons (Fsp3) is 0.842. The predicted octanol–water partition coefficient (Wildman–Crippen LogP) is 3.63. The van der Waals surface area contributed by atoms with Gasteiger partial charge in [0.1, 0.15) is 5.76 Å². The lowest BCUT2D eigenvalue weighted by Crippen LogP contribution is -2.50. The van der Waals surface area contributed by atoms with Crippen molar-refractivity contribution in [3.8, 4) is 0 Å². The second-order valence-corrected chi connectivity index (χ2v) is 8.31. The minimum Gasteiger partial charge on any atom is -0.361 e. The monoisotopic (exact) mass is 319 g/mol. The van der Waals surface area contributed by atoms with E-state index in [1.165, 1.54) is 64.0 Å². The summed E-state index contributed by atoms with van der Waals surface area (Å²) in [6.45, 7) is 16.1. The molecule has 3 rings (SSSR count). The second-order valence-electron chi connectivity index (χ2n) is 8.31. The van der Waals surface area contributed by atoms with Crippen LogP contribution in [0.15, 0.2) is 4.52 Å². The topological polar surface area (TPSA) is 32.5 Å². The van der Waals surface area contributed by atoms with Crippen molar-refractivity contribution < 1.29 is 4.52 Å². The molecular weight excluding hydrogens is 286 g/mol. The standard InChI is InChI=1S/C19H33N3O/c1-15(2)12-22-9-5-6-19(14-22)7-10-21(11-8-19)13-18-16(3)20-23-17(18)4/h15H,5-14H2,1-4H3. The van der Waals surface area contributed by atoms with E-state index in [1.54, 1.807) is 0 Å². The Kier molecular flexibility index (Phi) is 5.12. The Morgan fingerprint density at radius 3 is 2.43 bits per heavy atom. The van der Waals surface area contributed by atoms with Crippen molar-refractivity contribution in [3.63, 3.8) is 0 Å². The number of hydrogen-bond acceptors (Lipinski definition) is 4. The largest absolute Gasteiger partial charge is 0.361 e. The third-order valence-electron chi connectivity index (χ3n) is 5.84. The van der Waals surface area contributed by atoms with Gasteiger partial charge in [-0.1, -0.05) is 19.0 Å². The molecule has 1 aromatic rings. The smallest absolute Gasteiger partial charge is 0.138 e. The van der Waals surface area contributed by atoms with E-state index in [9.17, 15) is 0 Å². The molecule has 2 aliphatic rings. The molecule has 4 heteroatoms. The number of rotatable bonds is 4. The van der Waals surface area contributed by atoms with Crippen molar-refractivity contribution in [3.05, 3.63) is 17.0 Å². The van der Waals surface area contributed by atoms with E-state index in [-0.39, 0.29) is 0 Å². The van der Waals surface area contributed by atoms with Gasteiger partial charge in [0.25, 0.3) is 0 Å². The SMILES string of the molecule is Cc1noc(C)c1CN1CCC2(CCCN(CC(C)C)C2)CC1. The summed E-state index contributed by atoms with van der Waals surface area (Å²) in [5.41, 5.74) is 2.94. The Balaban J connectivity index is 1.55. The number of piperidine rings is 2. The number of nitrogens with zero attached hydrogens (tertiary/aromatic N) is 3. The van der Waals surface area contributed by atoms with Crippen LogP contribution < -0.4 is 0 Å². The van der Waals surface area contributed by atoms with Crippen molar-refractivity contribution in [2.45, 2.75) is 59.9 Å². The van der Waals surface area contributed by atoms with Gasteiger partial charge in [-0.25, -0.2) is 0 Å². The summed E-state index contributed by atoms with van der Waals surface area (Å²) in [4.78, 5) is 5.32. The zero-order chi connectivity index (χ0) is 16.4. The van der Waals surface area contributed by atoms with Crippen molar-refractivity contribution in [1.82, 2.24) is 15.0 Å². The minimum absolute atomic E-state index is 0.586. The van der Waals surface area contributed by atoms with Gasteiger partial charge in [0.15, 0.2) is 0 Å². The molecule has 2 saturated heterocycles. The summed E-state index contributed by atoms with van der Waals surface area (Å²) in [5, 5.41) is 4.09. The summed E-state index contributed by atoms with van der Waals surface area (Å²) >= 11 is 0. The van der Waals surface area contributed by atoms with Gasteiger partial charge in [0.2, 0.25) is 0 Å². The lowest BCUT2D eigenvalue weighted by molar-refractivity contribution is 0.0175. The zero-order valence-corrected chi connectivity index (χ0v) is 15.4. The molecule has 0 amide bonds. The third kappa shape index (κ3) is 3.97. The van der Waals surface area contributed by atoms with Crippen molar-refractivity contribution in [1.29, 1.82) is 0 Å². The Labute approximate surface area is 141 Å². The fourth-order valence-corrected chi connectivity index (χ4v) is 4.53. The van der Waals surface area contributed by atoms with Crippen LogP contribution in [0.5, 0.6) is 0 Å². The first-order valence-corrected chi connectivity index (χ1v) is 9.34. The molecule has 2 aliphatic heterocycles. The molecule has 2 fully saturated rings. The lowest BCUT2D eigenvalue weighted by atomic mass is 9.72. The Morgan fingerprint density at radius 1 is 1.09 bits per heavy atom. The van der Waals surface area contributed by atoms with Crippen LogP contribution in [0.4, 0.5) is 0 Å². The van der Waals surface area contributed by atoms with Crippen molar-refractivity contribution in [2.75, 3.05) is 32.7 Å². The molecule has 0 atom stereocenters. The summed E-state index contributed by atoms with van der Waals surface area (Å²) in [6, 6.07) is 0. The summed E-state index contributed by atoms with van der Waals surface area (Å²) < 4.78 is 5.31. The quantitative estimate of drug-likeness (QED) is 0.848. The van der Waals surface area contributed by atoms with Crippen LogP contribution in [0.1, 0.15) is 56.5 Å².